The van der Waals surface area contributed by atoms with E-state index < -0.39 is 0 Å². The molecule has 0 amide bonds. The summed E-state index contributed by atoms with van der Waals surface area (Å²) in [7, 11) is 0. The minimum Gasteiger partial charge on any atom is -0.316 e. The Hall–Kier alpha value is -0.830. The fourth-order valence-corrected chi connectivity index (χ4v) is 2.47. The van der Waals surface area contributed by atoms with Gasteiger partial charge in [-0.15, -0.1) is 0 Å². The molecule has 3 nitrogen and oxygen atoms in total. The van der Waals surface area contributed by atoms with Gasteiger partial charge in [0.25, 0.3) is 0 Å². The Kier molecular flexibility index (Phi) is 3.33. The van der Waals surface area contributed by atoms with Crippen molar-refractivity contribution in [3.05, 3.63) is 17.5 Å². The van der Waals surface area contributed by atoms with E-state index >= 15 is 0 Å². The Balaban J connectivity index is 2.16. The highest BCUT2D eigenvalue weighted by molar-refractivity contribution is 5.14. The molecule has 2 rings (SSSR count). The summed E-state index contributed by atoms with van der Waals surface area (Å²) in [5.41, 5.74) is 3.15. The lowest BCUT2D eigenvalue weighted by atomic mass is 9.75. The Morgan fingerprint density at radius 1 is 1.38 bits per heavy atom. The molecule has 16 heavy (non-hydrogen) atoms. The number of rotatable bonds is 5. The van der Waals surface area contributed by atoms with Crippen LogP contribution in [-0.2, 0) is 19.4 Å². The summed E-state index contributed by atoms with van der Waals surface area (Å²) in [5.74, 6) is 0. The summed E-state index contributed by atoms with van der Waals surface area (Å²) in [6.07, 6.45) is 3.48. The minimum atomic E-state index is 0.498. The second-order valence-corrected chi connectivity index (χ2v) is 4.93. The van der Waals surface area contributed by atoms with E-state index in [9.17, 15) is 0 Å². The van der Waals surface area contributed by atoms with Crippen LogP contribution in [-0.4, -0.2) is 22.9 Å². The van der Waals surface area contributed by atoms with Crippen molar-refractivity contribution in [2.45, 2.75) is 46.6 Å². The molecule has 2 heterocycles. The lowest BCUT2D eigenvalue weighted by molar-refractivity contribution is 0.156. The van der Waals surface area contributed by atoms with Gasteiger partial charge in [-0.2, -0.15) is 5.10 Å². The minimum absolute atomic E-state index is 0.498. The van der Waals surface area contributed by atoms with Crippen LogP contribution in [0, 0.1) is 5.41 Å². The molecule has 0 aliphatic carbocycles. The highest BCUT2D eigenvalue weighted by Crippen LogP contribution is 2.31. The van der Waals surface area contributed by atoms with E-state index in [1.807, 2.05) is 0 Å². The van der Waals surface area contributed by atoms with Crippen LogP contribution in [0.4, 0.5) is 0 Å². The summed E-state index contributed by atoms with van der Waals surface area (Å²) in [5, 5.41) is 8.02. The molecule has 0 unspecified atom stereocenters. The molecule has 0 radical (unpaired) electrons. The van der Waals surface area contributed by atoms with Crippen molar-refractivity contribution in [3.63, 3.8) is 0 Å². The molecule has 0 saturated carbocycles. The molecule has 0 bridgehead atoms. The third-order valence-corrected chi connectivity index (χ3v) is 3.88. The molecular formula is C13H23N3. The lowest BCUT2D eigenvalue weighted by Gasteiger charge is -2.42. The highest BCUT2D eigenvalue weighted by atomic mass is 15.3. The van der Waals surface area contributed by atoms with Crippen LogP contribution in [0.2, 0.25) is 0 Å². The van der Waals surface area contributed by atoms with Gasteiger partial charge in [-0.05, 0) is 32.3 Å². The first-order chi connectivity index (χ1) is 7.73. The van der Waals surface area contributed by atoms with Crippen LogP contribution in [0.15, 0.2) is 6.07 Å². The molecule has 90 valence electrons. The number of aryl methyl sites for hydroxylation is 2. The normalized spacial score (nSPS) is 18.4. The zero-order valence-corrected chi connectivity index (χ0v) is 10.7. The Labute approximate surface area is 98.2 Å². The average Bonchev–Trinajstić information content (AvgIpc) is 2.65. The van der Waals surface area contributed by atoms with Gasteiger partial charge in [-0.25, -0.2) is 0 Å². The Morgan fingerprint density at radius 3 is 2.56 bits per heavy atom. The highest BCUT2D eigenvalue weighted by Gasteiger charge is 2.35. The van der Waals surface area contributed by atoms with Crippen LogP contribution < -0.4 is 5.32 Å². The predicted octanol–water partition coefficient (Wildman–Crippen LogP) is 2.01. The van der Waals surface area contributed by atoms with Gasteiger partial charge in [-0.1, -0.05) is 13.8 Å². The van der Waals surface area contributed by atoms with Crippen LogP contribution >= 0.6 is 0 Å². The lowest BCUT2D eigenvalue weighted by Crippen LogP contribution is -2.54. The van der Waals surface area contributed by atoms with Crippen LogP contribution in [0.1, 0.15) is 38.6 Å². The van der Waals surface area contributed by atoms with Crippen molar-refractivity contribution in [1.82, 2.24) is 15.1 Å². The molecule has 0 atom stereocenters. The van der Waals surface area contributed by atoms with E-state index in [-0.39, 0.29) is 0 Å². The van der Waals surface area contributed by atoms with Gasteiger partial charge in [-0.3, -0.25) is 4.68 Å². The van der Waals surface area contributed by atoms with E-state index in [0.29, 0.717) is 5.41 Å². The van der Waals surface area contributed by atoms with Crippen LogP contribution in [0.5, 0.6) is 0 Å². The molecule has 1 N–H and O–H groups in total. The number of hydrogen-bond donors (Lipinski definition) is 1. The quantitative estimate of drug-likeness (QED) is 0.824. The van der Waals surface area contributed by atoms with Gasteiger partial charge in [0.05, 0.1) is 5.69 Å². The van der Waals surface area contributed by atoms with Crippen molar-refractivity contribution in [2.24, 2.45) is 5.41 Å². The standard InChI is InChI=1S/C13H23N3/c1-4-11-7-12(16(6-3)15-11)8-13(5-2)9-14-10-13/h7,14H,4-6,8-10H2,1-3H3. The van der Waals surface area contributed by atoms with Gasteiger partial charge in [0.1, 0.15) is 0 Å². The van der Waals surface area contributed by atoms with Crippen LogP contribution in [0.3, 0.4) is 0 Å². The maximum absolute atomic E-state index is 4.62. The van der Waals surface area contributed by atoms with E-state index in [1.165, 1.54) is 37.3 Å². The van der Waals surface area contributed by atoms with Gasteiger partial charge < -0.3 is 5.32 Å². The third-order valence-electron chi connectivity index (χ3n) is 3.88. The number of hydrogen-bond acceptors (Lipinski definition) is 2. The van der Waals surface area contributed by atoms with Gasteiger partial charge in [0.2, 0.25) is 0 Å². The first-order valence-electron chi connectivity index (χ1n) is 6.49. The van der Waals surface area contributed by atoms with Crippen LogP contribution in [0.25, 0.3) is 0 Å². The summed E-state index contributed by atoms with van der Waals surface area (Å²) < 4.78 is 2.18. The van der Waals surface area contributed by atoms with E-state index in [2.05, 4.69) is 41.9 Å². The second kappa shape index (κ2) is 4.58. The van der Waals surface area contributed by atoms with Gasteiger partial charge in [0, 0.05) is 30.7 Å². The maximum atomic E-state index is 4.62. The number of nitrogens with zero attached hydrogens (tertiary/aromatic N) is 2. The molecule has 0 spiro atoms. The zero-order valence-electron chi connectivity index (χ0n) is 10.7. The summed E-state index contributed by atoms with van der Waals surface area (Å²) >= 11 is 0. The molecule has 1 aromatic rings. The monoisotopic (exact) mass is 221 g/mol. The van der Waals surface area contributed by atoms with Gasteiger partial charge >= 0.3 is 0 Å². The molecule has 0 aromatic carbocycles. The number of aromatic nitrogens is 2. The predicted molar refractivity (Wildman–Crippen MR) is 66.6 cm³/mol. The molecule has 1 saturated heterocycles. The largest absolute Gasteiger partial charge is 0.316 e. The first kappa shape index (κ1) is 11.6. The van der Waals surface area contributed by atoms with Crippen molar-refractivity contribution in [1.29, 1.82) is 0 Å². The molecular weight excluding hydrogens is 198 g/mol. The third kappa shape index (κ3) is 2.01. The second-order valence-electron chi connectivity index (χ2n) is 4.93. The molecule has 1 aromatic heterocycles. The smallest absolute Gasteiger partial charge is 0.0624 e. The summed E-state index contributed by atoms with van der Waals surface area (Å²) in [6, 6.07) is 2.29. The van der Waals surface area contributed by atoms with E-state index in [1.54, 1.807) is 0 Å². The Morgan fingerprint density at radius 2 is 2.12 bits per heavy atom. The van der Waals surface area contributed by atoms with Crippen molar-refractivity contribution >= 4 is 0 Å². The maximum Gasteiger partial charge on any atom is 0.0624 e. The fourth-order valence-electron chi connectivity index (χ4n) is 2.47. The fraction of sp³-hybridized carbons (Fsp3) is 0.769. The average molecular weight is 221 g/mol. The SMILES string of the molecule is CCc1cc(CC2(CC)CNC2)n(CC)n1. The van der Waals surface area contributed by atoms with Crippen molar-refractivity contribution < 1.29 is 0 Å². The van der Waals surface area contributed by atoms with Crippen molar-refractivity contribution in [3.8, 4) is 0 Å². The molecule has 1 aliphatic heterocycles. The Bertz CT molecular complexity index is 345. The number of nitrogens with one attached hydrogen (secondary N) is 1. The van der Waals surface area contributed by atoms with Crippen molar-refractivity contribution in [2.75, 3.05) is 13.1 Å². The zero-order chi connectivity index (χ0) is 11.6. The molecule has 1 aliphatic rings. The van der Waals surface area contributed by atoms with E-state index in [0.717, 1.165) is 13.0 Å². The molecule has 1 fully saturated rings. The van der Waals surface area contributed by atoms with E-state index in [4.69, 9.17) is 0 Å². The molecule has 3 heteroatoms. The summed E-state index contributed by atoms with van der Waals surface area (Å²) in [4.78, 5) is 0. The first-order valence-corrected chi connectivity index (χ1v) is 6.49. The summed E-state index contributed by atoms with van der Waals surface area (Å²) in [6.45, 7) is 9.97. The topological polar surface area (TPSA) is 29.9 Å². The van der Waals surface area contributed by atoms with Gasteiger partial charge in [0.15, 0.2) is 0 Å².